The molecule has 1 saturated carbocycles. The Bertz CT molecular complexity index is 997. The first-order chi connectivity index (χ1) is 12.7. The van der Waals surface area contributed by atoms with Gasteiger partial charge >= 0.3 is 5.63 Å². The molecule has 0 saturated heterocycles. The van der Waals surface area contributed by atoms with Crippen molar-refractivity contribution in [3.8, 4) is 5.75 Å². The molecule has 1 fully saturated rings. The third kappa shape index (κ3) is 2.91. The van der Waals surface area contributed by atoms with Gasteiger partial charge in [0.2, 0.25) is 0 Å². The van der Waals surface area contributed by atoms with Crippen LogP contribution in [0.15, 0.2) is 51.2 Å². The second-order valence-electron chi connectivity index (χ2n) is 9.03. The minimum absolute atomic E-state index is 0.0158. The van der Waals surface area contributed by atoms with Crippen LogP contribution >= 0.6 is 0 Å². The predicted octanol–water partition coefficient (Wildman–Crippen LogP) is 4.76. The zero-order valence-electron chi connectivity index (χ0n) is 16.4. The SMILES string of the molecule is CC1=CC2C(C)(C)CC(=O)C2(C)C(COc2ccc3ccc(=O)oc3c2)C1. The molecular weight excluding hydrogens is 340 g/mol. The minimum Gasteiger partial charge on any atom is -0.493 e. The molecule has 0 aliphatic heterocycles. The Hall–Kier alpha value is -2.36. The van der Waals surface area contributed by atoms with Gasteiger partial charge in [0.25, 0.3) is 0 Å². The van der Waals surface area contributed by atoms with E-state index in [1.54, 1.807) is 12.1 Å². The summed E-state index contributed by atoms with van der Waals surface area (Å²) in [6.07, 6.45) is 3.80. The quantitative estimate of drug-likeness (QED) is 0.580. The minimum atomic E-state index is -0.383. The van der Waals surface area contributed by atoms with Crippen LogP contribution in [0.4, 0.5) is 0 Å². The fraction of sp³-hybridized carbons (Fsp3) is 0.478. The second-order valence-corrected chi connectivity index (χ2v) is 9.03. The molecule has 4 rings (SSSR count). The molecule has 2 aliphatic carbocycles. The smallest absolute Gasteiger partial charge is 0.336 e. The number of hydrogen-bond donors (Lipinski definition) is 0. The summed E-state index contributed by atoms with van der Waals surface area (Å²) in [5.41, 5.74) is 1.08. The van der Waals surface area contributed by atoms with E-state index in [4.69, 9.17) is 9.15 Å². The number of Topliss-reactive ketones (excluding diaryl/α,β-unsaturated/α-hetero) is 1. The molecule has 3 atom stereocenters. The third-order valence-corrected chi connectivity index (χ3v) is 6.62. The van der Waals surface area contributed by atoms with Gasteiger partial charge in [-0.25, -0.2) is 4.79 Å². The van der Waals surface area contributed by atoms with Gasteiger partial charge in [0.1, 0.15) is 17.1 Å². The van der Waals surface area contributed by atoms with E-state index in [9.17, 15) is 9.59 Å². The van der Waals surface area contributed by atoms with E-state index in [0.29, 0.717) is 30.1 Å². The highest BCUT2D eigenvalue weighted by molar-refractivity contribution is 5.89. The van der Waals surface area contributed by atoms with Crippen molar-refractivity contribution in [3.05, 3.63) is 52.4 Å². The number of ether oxygens (including phenoxy) is 1. The maximum atomic E-state index is 13.0. The molecule has 0 spiro atoms. The van der Waals surface area contributed by atoms with Gasteiger partial charge < -0.3 is 9.15 Å². The number of benzene rings is 1. The number of ketones is 1. The van der Waals surface area contributed by atoms with Crippen LogP contribution in [0, 0.1) is 22.7 Å². The molecule has 142 valence electrons. The van der Waals surface area contributed by atoms with Gasteiger partial charge in [0, 0.05) is 35.3 Å². The number of carbonyl (C=O) groups excluding carboxylic acids is 1. The molecule has 2 aromatic rings. The van der Waals surface area contributed by atoms with Crippen LogP contribution < -0.4 is 10.4 Å². The Morgan fingerprint density at radius 3 is 2.67 bits per heavy atom. The molecule has 27 heavy (non-hydrogen) atoms. The summed E-state index contributed by atoms with van der Waals surface area (Å²) < 4.78 is 11.3. The Labute approximate surface area is 159 Å². The fourth-order valence-electron chi connectivity index (χ4n) is 5.09. The molecule has 4 heteroatoms. The molecule has 0 bridgehead atoms. The van der Waals surface area contributed by atoms with E-state index in [1.165, 1.54) is 11.6 Å². The lowest BCUT2D eigenvalue weighted by molar-refractivity contribution is -0.130. The lowest BCUT2D eigenvalue weighted by Gasteiger charge is -2.44. The highest BCUT2D eigenvalue weighted by Crippen LogP contribution is 2.59. The Morgan fingerprint density at radius 2 is 1.89 bits per heavy atom. The van der Waals surface area contributed by atoms with Crippen LogP contribution in [0.1, 0.15) is 40.5 Å². The highest BCUT2D eigenvalue weighted by Gasteiger charge is 2.59. The molecular formula is C23H26O4. The van der Waals surface area contributed by atoms with E-state index in [0.717, 1.165) is 11.8 Å². The lowest BCUT2D eigenvalue weighted by atomic mass is 9.60. The first-order valence-corrected chi connectivity index (χ1v) is 9.57. The number of allylic oxidation sites excluding steroid dienone is 2. The van der Waals surface area contributed by atoms with Crippen molar-refractivity contribution in [2.45, 2.75) is 40.5 Å². The molecule has 0 radical (unpaired) electrons. The maximum Gasteiger partial charge on any atom is 0.336 e. The van der Waals surface area contributed by atoms with Gasteiger partial charge in [-0.2, -0.15) is 0 Å². The van der Waals surface area contributed by atoms with Crippen LogP contribution in [0.2, 0.25) is 0 Å². The zero-order chi connectivity index (χ0) is 19.4. The summed E-state index contributed by atoms with van der Waals surface area (Å²) in [6, 6.07) is 8.67. The van der Waals surface area contributed by atoms with Crippen LogP contribution in [-0.2, 0) is 4.79 Å². The van der Waals surface area contributed by atoms with E-state index < -0.39 is 0 Å². The summed E-state index contributed by atoms with van der Waals surface area (Å²) in [6.45, 7) is 9.13. The predicted molar refractivity (Wildman–Crippen MR) is 105 cm³/mol. The van der Waals surface area contributed by atoms with E-state index in [1.807, 2.05) is 12.1 Å². The van der Waals surface area contributed by atoms with Gasteiger partial charge in [0.05, 0.1) is 6.61 Å². The fourth-order valence-corrected chi connectivity index (χ4v) is 5.09. The van der Waals surface area contributed by atoms with Crippen molar-refractivity contribution in [1.29, 1.82) is 0 Å². The molecule has 1 aromatic carbocycles. The van der Waals surface area contributed by atoms with Crippen molar-refractivity contribution in [2.24, 2.45) is 22.7 Å². The summed E-state index contributed by atoms with van der Waals surface area (Å²) in [4.78, 5) is 24.4. The summed E-state index contributed by atoms with van der Waals surface area (Å²) >= 11 is 0. The number of fused-ring (bicyclic) bond motifs is 2. The number of rotatable bonds is 3. The number of carbonyl (C=O) groups is 1. The van der Waals surface area contributed by atoms with Crippen molar-refractivity contribution >= 4 is 16.8 Å². The molecule has 0 amide bonds. The largest absolute Gasteiger partial charge is 0.493 e. The molecule has 3 unspecified atom stereocenters. The third-order valence-electron chi connectivity index (χ3n) is 6.62. The lowest BCUT2D eigenvalue weighted by Crippen LogP contribution is -2.44. The maximum absolute atomic E-state index is 13.0. The van der Waals surface area contributed by atoms with E-state index in [2.05, 4.69) is 33.8 Å². The Balaban J connectivity index is 1.60. The second kappa shape index (κ2) is 6.08. The van der Waals surface area contributed by atoms with Crippen LogP contribution in [0.25, 0.3) is 11.0 Å². The summed E-state index contributed by atoms with van der Waals surface area (Å²) in [5.74, 6) is 1.39. The molecule has 1 aromatic heterocycles. The summed E-state index contributed by atoms with van der Waals surface area (Å²) in [7, 11) is 0. The van der Waals surface area contributed by atoms with E-state index >= 15 is 0 Å². The number of hydrogen-bond acceptors (Lipinski definition) is 4. The average Bonchev–Trinajstić information content (AvgIpc) is 2.78. The monoisotopic (exact) mass is 366 g/mol. The van der Waals surface area contributed by atoms with Crippen molar-refractivity contribution in [1.82, 2.24) is 0 Å². The van der Waals surface area contributed by atoms with Gasteiger partial charge in [-0.15, -0.1) is 0 Å². The van der Waals surface area contributed by atoms with Crippen molar-refractivity contribution in [3.63, 3.8) is 0 Å². The zero-order valence-corrected chi connectivity index (χ0v) is 16.4. The molecule has 0 N–H and O–H groups in total. The topological polar surface area (TPSA) is 56.5 Å². The van der Waals surface area contributed by atoms with Crippen molar-refractivity contribution < 1.29 is 13.9 Å². The van der Waals surface area contributed by atoms with Crippen LogP contribution in [0.3, 0.4) is 0 Å². The molecule has 1 heterocycles. The average molecular weight is 366 g/mol. The van der Waals surface area contributed by atoms with Gasteiger partial charge in [-0.05, 0) is 42.9 Å². The summed E-state index contributed by atoms with van der Waals surface area (Å²) in [5, 5.41) is 0.859. The first-order valence-electron chi connectivity index (χ1n) is 9.57. The van der Waals surface area contributed by atoms with Crippen LogP contribution in [0.5, 0.6) is 5.75 Å². The normalized spacial score (nSPS) is 29.5. The Morgan fingerprint density at radius 1 is 1.15 bits per heavy atom. The molecule has 2 aliphatic rings. The highest BCUT2D eigenvalue weighted by atomic mass is 16.5. The van der Waals surface area contributed by atoms with Gasteiger partial charge in [-0.3, -0.25) is 4.79 Å². The standard InChI is InChI=1S/C23H26O4/c1-14-9-16(23(4)19(10-14)22(2,3)12-20(23)24)13-26-17-7-5-15-6-8-21(25)27-18(15)11-17/h5-8,10-11,16,19H,9,12-13H2,1-4H3. The van der Waals surface area contributed by atoms with Crippen molar-refractivity contribution in [2.75, 3.05) is 6.61 Å². The molecule has 4 nitrogen and oxygen atoms in total. The van der Waals surface area contributed by atoms with Gasteiger partial charge in [-0.1, -0.05) is 32.4 Å². The first kappa shape index (κ1) is 18.0. The Kier molecular flexibility index (Phi) is 4.06. The van der Waals surface area contributed by atoms with Gasteiger partial charge in [0.15, 0.2) is 0 Å². The van der Waals surface area contributed by atoms with E-state index in [-0.39, 0.29) is 28.3 Å². The van der Waals surface area contributed by atoms with Crippen LogP contribution in [-0.4, -0.2) is 12.4 Å².